The number of hydrogen-bond acceptors (Lipinski definition) is 6. The predicted octanol–water partition coefficient (Wildman–Crippen LogP) is 0.839. The minimum absolute atomic E-state index is 0.182. The largest absolute Gasteiger partial charge is 0.351 e. The lowest BCUT2D eigenvalue weighted by atomic mass is 10.0. The van der Waals surface area contributed by atoms with Crippen molar-refractivity contribution in [1.29, 1.82) is 0 Å². The Bertz CT molecular complexity index is 716. The number of rotatable bonds is 8. The molecule has 0 saturated carbocycles. The van der Waals surface area contributed by atoms with E-state index in [9.17, 15) is 4.79 Å². The van der Waals surface area contributed by atoms with Gasteiger partial charge in [0, 0.05) is 25.7 Å². The number of carbonyl (C=O) groups is 1. The van der Waals surface area contributed by atoms with Crippen LogP contribution in [0.15, 0.2) is 6.20 Å². The monoisotopic (exact) mass is 360 g/mol. The second-order valence-corrected chi connectivity index (χ2v) is 6.84. The molecule has 9 heteroatoms. The van der Waals surface area contributed by atoms with Gasteiger partial charge in [0.1, 0.15) is 11.6 Å². The van der Waals surface area contributed by atoms with E-state index in [2.05, 4.69) is 31.0 Å². The van der Waals surface area contributed by atoms with Crippen LogP contribution in [0.25, 0.3) is 0 Å². The summed E-state index contributed by atoms with van der Waals surface area (Å²) in [6.07, 6.45) is 7.30. The van der Waals surface area contributed by atoms with E-state index in [4.69, 9.17) is 0 Å². The highest BCUT2D eigenvalue weighted by atomic mass is 16.2. The van der Waals surface area contributed by atoms with Gasteiger partial charge in [-0.1, -0.05) is 11.6 Å². The molecular weight excluding hydrogens is 332 g/mol. The van der Waals surface area contributed by atoms with Crippen LogP contribution in [0.5, 0.6) is 0 Å². The maximum atomic E-state index is 12.2. The third-order valence-electron chi connectivity index (χ3n) is 4.69. The molecule has 1 saturated heterocycles. The molecule has 0 spiro atoms. The molecule has 2 aromatic rings. The van der Waals surface area contributed by atoms with Crippen molar-refractivity contribution in [3.63, 3.8) is 0 Å². The van der Waals surface area contributed by atoms with Crippen molar-refractivity contribution in [2.45, 2.75) is 65.1 Å². The molecule has 0 aliphatic carbocycles. The third kappa shape index (κ3) is 5.10. The van der Waals surface area contributed by atoms with Crippen LogP contribution in [0.3, 0.4) is 0 Å². The summed E-state index contributed by atoms with van der Waals surface area (Å²) in [6, 6.07) is 0.550. The molecule has 0 unspecified atom stereocenters. The van der Waals surface area contributed by atoms with Crippen molar-refractivity contribution in [2.24, 2.45) is 0 Å². The number of hydrogen-bond donors (Lipinski definition) is 2. The number of nitrogens with one attached hydrogen (secondary N) is 2. The van der Waals surface area contributed by atoms with Gasteiger partial charge in [-0.2, -0.15) is 5.10 Å². The maximum Gasteiger partial charge on any atom is 0.273 e. The van der Waals surface area contributed by atoms with Gasteiger partial charge in [-0.25, -0.2) is 4.98 Å². The molecule has 3 rings (SSSR count). The van der Waals surface area contributed by atoms with Gasteiger partial charge >= 0.3 is 0 Å². The zero-order chi connectivity index (χ0) is 18.4. The predicted molar refractivity (Wildman–Crippen MR) is 96.7 cm³/mol. The maximum absolute atomic E-state index is 12.2. The third-order valence-corrected chi connectivity index (χ3v) is 4.69. The Labute approximate surface area is 153 Å². The summed E-state index contributed by atoms with van der Waals surface area (Å²) in [5.74, 6) is 1.48. The summed E-state index contributed by atoms with van der Waals surface area (Å²) in [4.78, 5) is 16.4. The molecular formula is C17H28N8O. The van der Waals surface area contributed by atoms with E-state index in [1.807, 2.05) is 18.5 Å². The van der Waals surface area contributed by atoms with E-state index in [-0.39, 0.29) is 5.91 Å². The minimum atomic E-state index is -0.182. The van der Waals surface area contributed by atoms with E-state index in [1.54, 1.807) is 10.9 Å². The van der Waals surface area contributed by atoms with Crippen molar-refractivity contribution in [3.05, 3.63) is 23.5 Å². The van der Waals surface area contributed by atoms with Gasteiger partial charge in [-0.05, 0) is 46.1 Å². The molecule has 9 nitrogen and oxygen atoms in total. The van der Waals surface area contributed by atoms with Crippen LogP contribution >= 0.6 is 0 Å². The van der Waals surface area contributed by atoms with Gasteiger partial charge < -0.3 is 10.6 Å². The van der Waals surface area contributed by atoms with Crippen molar-refractivity contribution in [3.8, 4) is 0 Å². The molecule has 3 heterocycles. The molecule has 1 aliphatic rings. The SMILES string of the molecule is Cc1nc(C)n(CCCNC(=O)c2cn(CC[C@@H]3CCCCN3)nn2)n1. The first-order valence-electron chi connectivity index (χ1n) is 9.41. The molecule has 2 aromatic heterocycles. The lowest BCUT2D eigenvalue weighted by molar-refractivity contribution is 0.0947. The molecule has 1 atom stereocenters. The molecule has 1 aliphatic heterocycles. The van der Waals surface area contributed by atoms with Crippen molar-refractivity contribution in [2.75, 3.05) is 13.1 Å². The topological polar surface area (TPSA) is 103 Å². The van der Waals surface area contributed by atoms with Crippen LogP contribution in [-0.4, -0.2) is 54.8 Å². The van der Waals surface area contributed by atoms with Gasteiger partial charge in [0.25, 0.3) is 5.91 Å². The lowest BCUT2D eigenvalue weighted by Gasteiger charge is -2.23. The van der Waals surface area contributed by atoms with Crippen LogP contribution in [-0.2, 0) is 13.1 Å². The molecule has 142 valence electrons. The first-order valence-corrected chi connectivity index (χ1v) is 9.41. The van der Waals surface area contributed by atoms with Crippen LogP contribution in [0, 0.1) is 13.8 Å². The second-order valence-electron chi connectivity index (χ2n) is 6.84. The van der Waals surface area contributed by atoms with E-state index in [1.165, 1.54) is 19.3 Å². The summed E-state index contributed by atoms with van der Waals surface area (Å²) < 4.78 is 3.61. The van der Waals surface area contributed by atoms with Crippen LogP contribution in [0.1, 0.15) is 54.2 Å². The highest BCUT2D eigenvalue weighted by Crippen LogP contribution is 2.10. The molecule has 2 N–H and O–H groups in total. The van der Waals surface area contributed by atoms with Gasteiger partial charge in [0.05, 0.1) is 6.20 Å². The van der Waals surface area contributed by atoms with Crippen molar-refractivity contribution < 1.29 is 4.79 Å². The standard InChI is InChI=1S/C17H28N8O/c1-13-20-14(2)25(22-13)10-5-9-19-17(26)16-12-24(23-21-16)11-7-15-6-3-4-8-18-15/h12,15,18H,3-11H2,1-2H3,(H,19,26)/t15-/m0/s1. The Balaban J connectivity index is 1.38. The van der Waals surface area contributed by atoms with Gasteiger partial charge in [-0.3, -0.25) is 14.2 Å². The highest BCUT2D eigenvalue weighted by molar-refractivity contribution is 5.91. The summed E-state index contributed by atoms with van der Waals surface area (Å²) in [7, 11) is 0. The van der Waals surface area contributed by atoms with Gasteiger partial charge in [0.2, 0.25) is 0 Å². The number of nitrogens with zero attached hydrogens (tertiary/aromatic N) is 6. The van der Waals surface area contributed by atoms with Gasteiger partial charge in [-0.15, -0.1) is 5.10 Å². The molecule has 0 aromatic carbocycles. The van der Waals surface area contributed by atoms with Crippen LogP contribution in [0.2, 0.25) is 0 Å². The van der Waals surface area contributed by atoms with E-state index in [0.29, 0.717) is 18.3 Å². The molecule has 1 fully saturated rings. The summed E-state index contributed by atoms with van der Waals surface area (Å²) in [5, 5.41) is 18.8. The van der Waals surface area contributed by atoms with Crippen LogP contribution in [0.4, 0.5) is 0 Å². The first-order chi connectivity index (χ1) is 12.6. The fraction of sp³-hybridized carbons (Fsp3) is 0.706. The average molecular weight is 360 g/mol. The summed E-state index contributed by atoms with van der Waals surface area (Å²) in [5.41, 5.74) is 0.370. The van der Waals surface area contributed by atoms with Crippen molar-refractivity contribution in [1.82, 2.24) is 40.4 Å². The Hall–Kier alpha value is -2.29. The number of piperidine rings is 1. The normalized spacial score (nSPS) is 17.4. The Kier molecular flexibility index (Phi) is 6.32. The van der Waals surface area contributed by atoms with E-state index < -0.39 is 0 Å². The summed E-state index contributed by atoms with van der Waals surface area (Å²) >= 11 is 0. The number of carbonyl (C=O) groups excluding carboxylic acids is 1. The molecule has 26 heavy (non-hydrogen) atoms. The lowest BCUT2D eigenvalue weighted by Crippen LogP contribution is -2.34. The molecule has 0 bridgehead atoms. The van der Waals surface area contributed by atoms with E-state index in [0.717, 1.165) is 44.1 Å². The zero-order valence-corrected chi connectivity index (χ0v) is 15.6. The van der Waals surface area contributed by atoms with E-state index >= 15 is 0 Å². The zero-order valence-electron chi connectivity index (χ0n) is 15.6. The Morgan fingerprint density at radius 2 is 2.23 bits per heavy atom. The summed E-state index contributed by atoms with van der Waals surface area (Å²) in [6.45, 7) is 6.98. The smallest absolute Gasteiger partial charge is 0.273 e. The second kappa shape index (κ2) is 8.88. The van der Waals surface area contributed by atoms with Crippen LogP contribution < -0.4 is 10.6 Å². The number of aryl methyl sites for hydroxylation is 4. The average Bonchev–Trinajstić information content (AvgIpc) is 3.24. The Morgan fingerprint density at radius 3 is 2.96 bits per heavy atom. The molecule has 0 radical (unpaired) electrons. The highest BCUT2D eigenvalue weighted by Gasteiger charge is 2.14. The fourth-order valence-corrected chi connectivity index (χ4v) is 3.26. The molecule has 1 amide bonds. The number of aromatic nitrogens is 6. The van der Waals surface area contributed by atoms with Crippen molar-refractivity contribution >= 4 is 5.91 Å². The fourth-order valence-electron chi connectivity index (χ4n) is 3.26. The minimum Gasteiger partial charge on any atom is -0.351 e. The van der Waals surface area contributed by atoms with Gasteiger partial charge in [0.15, 0.2) is 5.69 Å². The quantitative estimate of drug-likeness (QED) is 0.676. The first kappa shape index (κ1) is 18.5. The number of amides is 1. The Morgan fingerprint density at radius 1 is 1.35 bits per heavy atom.